The minimum Gasteiger partial charge on any atom is -0.492 e. The quantitative estimate of drug-likeness (QED) is 0.567. The van der Waals surface area contributed by atoms with Crippen LogP contribution in [-0.2, 0) is 4.79 Å². The van der Waals surface area contributed by atoms with Gasteiger partial charge in [-0.1, -0.05) is 0 Å². The average molecular weight is 222 g/mol. The molecule has 0 saturated heterocycles. The van der Waals surface area contributed by atoms with Gasteiger partial charge in [-0.05, 0) is 25.1 Å². The van der Waals surface area contributed by atoms with Crippen LogP contribution >= 0.6 is 0 Å². The summed E-state index contributed by atoms with van der Waals surface area (Å²) in [6.07, 6.45) is 0.113. The first-order chi connectivity index (χ1) is 7.50. The molecule has 0 bridgehead atoms. The lowest BCUT2D eigenvalue weighted by atomic mass is 10.1. The number of hydrogen-bond acceptors (Lipinski definition) is 4. The molecule has 0 aliphatic heterocycles. The van der Waals surface area contributed by atoms with Crippen LogP contribution in [0.3, 0.4) is 0 Å². The van der Waals surface area contributed by atoms with Crippen LogP contribution in [0, 0.1) is 0 Å². The van der Waals surface area contributed by atoms with Gasteiger partial charge in [0.1, 0.15) is 5.75 Å². The molecule has 1 amide bonds. The van der Waals surface area contributed by atoms with Gasteiger partial charge in [0.15, 0.2) is 5.78 Å². The molecule has 16 heavy (non-hydrogen) atoms. The van der Waals surface area contributed by atoms with Crippen LogP contribution in [0.4, 0.5) is 5.69 Å². The highest BCUT2D eigenvalue weighted by molar-refractivity contribution is 5.97. The summed E-state index contributed by atoms with van der Waals surface area (Å²) in [7, 11) is 0. The van der Waals surface area contributed by atoms with Crippen molar-refractivity contribution in [2.45, 2.75) is 13.3 Å². The Kier molecular flexibility index (Phi) is 3.88. The number of Topliss-reactive ketones (excluding diaryl/α,β-unsaturated/α-hetero) is 1. The second-order valence-corrected chi connectivity index (χ2v) is 3.38. The summed E-state index contributed by atoms with van der Waals surface area (Å²) in [6.45, 7) is 1.58. The number of rotatable bonds is 5. The van der Waals surface area contributed by atoms with E-state index < -0.39 is 5.91 Å². The number of anilines is 1. The van der Waals surface area contributed by atoms with E-state index in [0.717, 1.165) is 0 Å². The molecular formula is C11H14N2O3. The molecule has 5 heteroatoms. The van der Waals surface area contributed by atoms with E-state index in [0.29, 0.717) is 17.0 Å². The Bertz CT molecular complexity index is 416. The molecular weight excluding hydrogens is 208 g/mol. The number of primary amides is 1. The van der Waals surface area contributed by atoms with E-state index in [1.54, 1.807) is 18.2 Å². The molecule has 0 fully saturated rings. The van der Waals surface area contributed by atoms with Crippen molar-refractivity contribution in [1.82, 2.24) is 0 Å². The molecule has 86 valence electrons. The van der Waals surface area contributed by atoms with Gasteiger partial charge in [-0.15, -0.1) is 0 Å². The summed E-state index contributed by atoms with van der Waals surface area (Å²) in [4.78, 5) is 21.8. The first kappa shape index (κ1) is 12.0. The molecule has 1 aromatic carbocycles. The first-order valence-electron chi connectivity index (χ1n) is 4.82. The van der Waals surface area contributed by atoms with Gasteiger partial charge in [0.25, 0.3) is 0 Å². The molecule has 1 rings (SSSR count). The van der Waals surface area contributed by atoms with Crippen molar-refractivity contribution < 1.29 is 14.3 Å². The van der Waals surface area contributed by atoms with Gasteiger partial charge < -0.3 is 16.2 Å². The van der Waals surface area contributed by atoms with E-state index in [2.05, 4.69) is 0 Å². The van der Waals surface area contributed by atoms with Crippen LogP contribution in [0.1, 0.15) is 23.7 Å². The van der Waals surface area contributed by atoms with Gasteiger partial charge in [-0.3, -0.25) is 9.59 Å². The number of amides is 1. The van der Waals surface area contributed by atoms with Gasteiger partial charge in [-0.2, -0.15) is 0 Å². The largest absolute Gasteiger partial charge is 0.492 e. The second-order valence-electron chi connectivity index (χ2n) is 3.38. The van der Waals surface area contributed by atoms with Gasteiger partial charge >= 0.3 is 0 Å². The van der Waals surface area contributed by atoms with Crippen LogP contribution in [-0.4, -0.2) is 18.3 Å². The molecule has 0 aliphatic rings. The Balaban J connectivity index is 2.78. The molecule has 0 aromatic heterocycles. The summed E-state index contributed by atoms with van der Waals surface area (Å²) in [5.41, 5.74) is 11.4. The van der Waals surface area contributed by atoms with Crippen molar-refractivity contribution in [3.8, 4) is 5.75 Å². The number of carbonyl (C=O) groups excluding carboxylic acids is 2. The smallest absolute Gasteiger partial charge is 0.220 e. The standard InChI is InChI=1S/C11H14N2O3/c1-7(14)9-6-8(12)2-3-10(9)16-5-4-11(13)15/h2-3,6H,4-5,12H2,1H3,(H2,13,15). The van der Waals surface area contributed by atoms with E-state index in [4.69, 9.17) is 16.2 Å². The van der Waals surface area contributed by atoms with Gasteiger partial charge in [0.2, 0.25) is 5.91 Å². The van der Waals surface area contributed by atoms with Crippen LogP contribution in [0.25, 0.3) is 0 Å². The fraction of sp³-hybridized carbons (Fsp3) is 0.273. The Morgan fingerprint density at radius 2 is 2.06 bits per heavy atom. The Morgan fingerprint density at radius 3 is 2.62 bits per heavy atom. The predicted octanol–water partition coefficient (Wildman–Crippen LogP) is 0.726. The lowest BCUT2D eigenvalue weighted by Crippen LogP contribution is -2.15. The van der Waals surface area contributed by atoms with E-state index in [-0.39, 0.29) is 18.8 Å². The zero-order valence-corrected chi connectivity index (χ0v) is 9.03. The summed E-state index contributed by atoms with van der Waals surface area (Å²) in [6, 6.07) is 4.78. The molecule has 0 saturated carbocycles. The zero-order chi connectivity index (χ0) is 12.1. The third-order valence-corrected chi connectivity index (χ3v) is 1.99. The SMILES string of the molecule is CC(=O)c1cc(N)ccc1OCCC(N)=O. The highest BCUT2D eigenvalue weighted by Crippen LogP contribution is 2.21. The Hall–Kier alpha value is -2.04. The maximum atomic E-state index is 11.3. The number of carbonyl (C=O) groups is 2. The maximum Gasteiger partial charge on any atom is 0.220 e. The molecule has 0 aliphatic carbocycles. The lowest BCUT2D eigenvalue weighted by Gasteiger charge is -2.09. The van der Waals surface area contributed by atoms with Gasteiger partial charge in [-0.25, -0.2) is 0 Å². The van der Waals surface area contributed by atoms with E-state index in [1.165, 1.54) is 6.92 Å². The maximum absolute atomic E-state index is 11.3. The summed E-state index contributed by atoms with van der Waals surface area (Å²) in [5, 5.41) is 0. The minimum atomic E-state index is -0.445. The number of nitrogen functional groups attached to an aromatic ring is 1. The molecule has 0 unspecified atom stereocenters. The monoisotopic (exact) mass is 222 g/mol. The van der Waals surface area contributed by atoms with E-state index >= 15 is 0 Å². The molecule has 5 nitrogen and oxygen atoms in total. The van der Waals surface area contributed by atoms with Crippen LogP contribution in [0.5, 0.6) is 5.75 Å². The highest BCUT2D eigenvalue weighted by Gasteiger charge is 2.09. The van der Waals surface area contributed by atoms with Crippen LogP contribution in [0.15, 0.2) is 18.2 Å². The molecule has 0 atom stereocenters. The Labute approximate surface area is 93.4 Å². The number of hydrogen-bond donors (Lipinski definition) is 2. The molecule has 4 N–H and O–H groups in total. The number of nitrogens with two attached hydrogens (primary N) is 2. The fourth-order valence-electron chi connectivity index (χ4n) is 1.21. The highest BCUT2D eigenvalue weighted by atomic mass is 16.5. The van der Waals surface area contributed by atoms with Gasteiger partial charge in [0.05, 0.1) is 18.6 Å². The molecule has 0 spiro atoms. The predicted molar refractivity (Wildman–Crippen MR) is 60.2 cm³/mol. The number of ether oxygens (including phenoxy) is 1. The van der Waals surface area contributed by atoms with Crippen molar-refractivity contribution in [2.75, 3.05) is 12.3 Å². The van der Waals surface area contributed by atoms with Crippen molar-refractivity contribution >= 4 is 17.4 Å². The molecule has 0 radical (unpaired) electrons. The molecule has 0 heterocycles. The van der Waals surface area contributed by atoms with Crippen molar-refractivity contribution in [2.24, 2.45) is 5.73 Å². The fourth-order valence-corrected chi connectivity index (χ4v) is 1.21. The first-order valence-corrected chi connectivity index (χ1v) is 4.82. The van der Waals surface area contributed by atoms with Gasteiger partial charge in [0, 0.05) is 5.69 Å². The van der Waals surface area contributed by atoms with Crippen LogP contribution < -0.4 is 16.2 Å². The van der Waals surface area contributed by atoms with E-state index in [1.807, 2.05) is 0 Å². The van der Waals surface area contributed by atoms with Crippen molar-refractivity contribution in [3.63, 3.8) is 0 Å². The number of benzene rings is 1. The normalized spacial score (nSPS) is 9.81. The minimum absolute atomic E-state index is 0.113. The lowest BCUT2D eigenvalue weighted by molar-refractivity contribution is -0.118. The summed E-state index contributed by atoms with van der Waals surface area (Å²) >= 11 is 0. The summed E-state index contributed by atoms with van der Waals surface area (Å²) < 4.78 is 5.29. The number of ketones is 1. The Morgan fingerprint density at radius 1 is 1.38 bits per heavy atom. The van der Waals surface area contributed by atoms with Crippen LogP contribution in [0.2, 0.25) is 0 Å². The topological polar surface area (TPSA) is 95.4 Å². The average Bonchev–Trinajstić information content (AvgIpc) is 2.19. The van der Waals surface area contributed by atoms with Crippen molar-refractivity contribution in [3.05, 3.63) is 23.8 Å². The second kappa shape index (κ2) is 5.16. The zero-order valence-electron chi connectivity index (χ0n) is 9.03. The molecule has 1 aromatic rings. The third kappa shape index (κ3) is 3.27. The summed E-state index contributed by atoms with van der Waals surface area (Å²) in [5.74, 6) is -0.163. The third-order valence-electron chi connectivity index (χ3n) is 1.99. The van der Waals surface area contributed by atoms with Crippen molar-refractivity contribution in [1.29, 1.82) is 0 Å². The van der Waals surface area contributed by atoms with E-state index in [9.17, 15) is 9.59 Å².